The molecule has 20 heavy (non-hydrogen) atoms. The van der Waals surface area contributed by atoms with Gasteiger partial charge in [0.25, 0.3) is 0 Å². The van der Waals surface area contributed by atoms with Gasteiger partial charge in [-0.3, -0.25) is 0 Å². The Balaban J connectivity index is 2.41. The van der Waals surface area contributed by atoms with Crippen LogP contribution in [0.1, 0.15) is 26.0 Å². The lowest BCUT2D eigenvalue weighted by Crippen LogP contribution is -2.05. The summed E-state index contributed by atoms with van der Waals surface area (Å²) in [5.74, 6) is 1.60. The van der Waals surface area contributed by atoms with Crippen LogP contribution in [0, 0.1) is 0 Å². The smallest absolute Gasteiger partial charge is 0.161 e. The first-order chi connectivity index (χ1) is 9.63. The molecular weight excluding hydrogens is 338 g/mol. The molecule has 106 valence electrons. The fraction of sp³-hybridized carbons (Fsp3) is 0.333. The Labute approximate surface area is 132 Å². The molecule has 2 aromatic rings. The lowest BCUT2D eigenvalue weighted by atomic mass is 10.2. The van der Waals surface area contributed by atoms with Gasteiger partial charge in [-0.25, -0.2) is 9.97 Å². The molecule has 0 fully saturated rings. The van der Waals surface area contributed by atoms with E-state index in [9.17, 15) is 0 Å². The van der Waals surface area contributed by atoms with Crippen molar-refractivity contribution in [3.8, 4) is 11.4 Å². The lowest BCUT2D eigenvalue weighted by Gasteiger charge is -2.09. The molecule has 0 unspecified atom stereocenters. The second-order valence-corrected chi connectivity index (χ2v) is 5.74. The number of halogens is 2. The molecule has 0 aliphatic carbocycles. The monoisotopic (exact) mass is 353 g/mol. The van der Waals surface area contributed by atoms with E-state index in [2.05, 4.69) is 45.1 Å². The molecule has 0 bridgehead atoms. The number of anilines is 1. The Morgan fingerprint density at radius 2 is 2.00 bits per heavy atom. The Hall–Kier alpha value is -1.13. The molecule has 1 aromatic carbocycles. The molecule has 1 heterocycles. The van der Waals surface area contributed by atoms with Crippen LogP contribution in [0.15, 0.2) is 28.7 Å². The minimum absolute atomic E-state index is 0.685. The van der Waals surface area contributed by atoms with Crippen LogP contribution in [0.5, 0.6) is 0 Å². The molecule has 0 aliphatic rings. The fourth-order valence-corrected chi connectivity index (χ4v) is 2.28. The zero-order valence-corrected chi connectivity index (χ0v) is 13.9. The molecule has 5 heteroatoms. The molecule has 3 nitrogen and oxygen atoms in total. The van der Waals surface area contributed by atoms with Crippen LogP contribution in [0.4, 0.5) is 5.82 Å². The second-order valence-electron chi connectivity index (χ2n) is 4.48. The van der Waals surface area contributed by atoms with Crippen molar-refractivity contribution in [2.45, 2.75) is 26.7 Å². The highest BCUT2D eigenvalue weighted by Gasteiger charge is 2.08. The van der Waals surface area contributed by atoms with Gasteiger partial charge in [-0.05, 0) is 47.0 Å². The van der Waals surface area contributed by atoms with E-state index in [1.165, 1.54) is 0 Å². The van der Waals surface area contributed by atoms with Crippen molar-refractivity contribution in [2.75, 3.05) is 11.9 Å². The fourth-order valence-electron chi connectivity index (χ4n) is 1.79. The summed E-state index contributed by atoms with van der Waals surface area (Å²) < 4.78 is 0.852. The molecule has 0 amide bonds. The van der Waals surface area contributed by atoms with Gasteiger partial charge in [-0.2, -0.15) is 0 Å². The van der Waals surface area contributed by atoms with Gasteiger partial charge in [0.1, 0.15) is 5.82 Å². The van der Waals surface area contributed by atoms with Crippen LogP contribution in [-0.2, 0) is 6.42 Å². The molecule has 0 saturated heterocycles. The van der Waals surface area contributed by atoms with E-state index < -0.39 is 0 Å². The largest absolute Gasteiger partial charge is 0.370 e. The van der Waals surface area contributed by atoms with Crippen molar-refractivity contribution in [2.24, 2.45) is 0 Å². The molecule has 0 radical (unpaired) electrons. The average Bonchev–Trinajstić information content (AvgIpc) is 2.47. The SMILES string of the molecule is CCCNc1cc(CC)nc(-c2ccc(Cl)c(Br)c2)n1. The van der Waals surface area contributed by atoms with Gasteiger partial charge in [0.05, 0.1) is 5.02 Å². The van der Waals surface area contributed by atoms with Crippen LogP contribution in [-0.4, -0.2) is 16.5 Å². The summed E-state index contributed by atoms with van der Waals surface area (Å²) >= 11 is 9.46. The highest BCUT2D eigenvalue weighted by molar-refractivity contribution is 9.10. The Kier molecular flexibility index (Phi) is 5.38. The van der Waals surface area contributed by atoms with E-state index >= 15 is 0 Å². The Bertz CT molecular complexity index is 602. The van der Waals surface area contributed by atoms with E-state index in [0.717, 1.165) is 46.8 Å². The van der Waals surface area contributed by atoms with Crippen LogP contribution in [0.25, 0.3) is 11.4 Å². The molecule has 1 aromatic heterocycles. The average molecular weight is 355 g/mol. The van der Waals surface area contributed by atoms with Gasteiger partial charge < -0.3 is 5.32 Å². The molecule has 2 rings (SSSR count). The number of aromatic nitrogens is 2. The zero-order valence-electron chi connectivity index (χ0n) is 11.6. The normalized spacial score (nSPS) is 10.6. The minimum atomic E-state index is 0.685. The standard InChI is InChI=1S/C15H17BrClN3/c1-3-7-18-14-9-11(4-2)19-15(20-14)10-5-6-13(17)12(16)8-10/h5-6,8-9H,3-4,7H2,1-2H3,(H,18,19,20). The highest BCUT2D eigenvalue weighted by atomic mass is 79.9. The summed E-state index contributed by atoms with van der Waals surface area (Å²) in [7, 11) is 0. The minimum Gasteiger partial charge on any atom is -0.370 e. The van der Waals surface area contributed by atoms with Crippen molar-refractivity contribution in [1.82, 2.24) is 9.97 Å². The number of nitrogens with one attached hydrogen (secondary N) is 1. The van der Waals surface area contributed by atoms with Gasteiger partial charge in [-0.1, -0.05) is 25.4 Å². The van der Waals surface area contributed by atoms with Crippen molar-refractivity contribution >= 4 is 33.3 Å². The van der Waals surface area contributed by atoms with Gasteiger partial charge in [0.2, 0.25) is 0 Å². The third-order valence-electron chi connectivity index (χ3n) is 2.88. The summed E-state index contributed by atoms with van der Waals surface area (Å²) in [5, 5.41) is 4.00. The summed E-state index contributed by atoms with van der Waals surface area (Å²) in [6, 6.07) is 7.73. The molecule has 0 aliphatic heterocycles. The Morgan fingerprint density at radius 3 is 2.65 bits per heavy atom. The first kappa shape index (κ1) is 15.3. The predicted molar refractivity (Wildman–Crippen MR) is 88.3 cm³/mol. The van der Waals surface area contributed by atoms with Gasteiger partial charge in [-0.15, -0.1) is 0 Å². The van der Waals surface area contributed by atoms with E-state index in [4.69, 9.17) is 11.6 Å². The quantitative estimate of drug-likeness (QED) is 0.826. The topological polar surface area (TPSA) is 37.8 Å². The maximum absolute atomic E-state index is 6.03. The van der Waals surface area contributed by atoms with Crippen molar-refractivity contribution in [3.63, 3.8) is 0 Å². The summed E-state index contributed by atoms with van der Waals surface area (Å²) in [5.41, 5.74) is 1.98. The summed E-state index contributed by atoms with van der Waals surface area (Å²) in [6.45, 7) is 5.13. The first-order valence-corrected chi connectivity index (χ1v) is 7.88. The number of benzene rings is 1. The van der Waals surface area contributed by atoms with Crippen LogP contribution in [0.2, 0.25) is 5.02 Å². The first-order valence-electron chi connectivity index (χ1n) is 6.71. The Morgan fingerprint density at radius 1 is 1.20 bits per heavy atom. The van der Waals surface area contributed by atoms with Crippen molar-refractivity contribution < 1.29 is 0 Å². The third-order valence-corrected chi connectivity index (χ3v) is 4.09. The van der Waals surface area contributed by atoms with E-state index in [0.29, 0.717) is 5.02 Å². The summed E-state index contributed by atoms with van der Waals surface area (Å²) in [4.78, 5) is 9.16. The maximum Gasteiger partial charge on any atom is 0.161 e. The predicted octanol–water partition coefficient (Wildman–Crippen LogP) is 4.94. The molecule has 1 N–H and O–H groups in total. The number of rotatable bonds is 5. The number of aryl methyl sites for hydroxylation is 1. The lowest BCUT2D eigenvalue weighted by molar-refractivity contribution is 0.951. The number of nitrogens with zero attached hydrogens (tertiary/aromatic N) is 2. The van der Waals surface area contributed by atoms with Crippen LogP contribution >= 0.6 is 27.5 Å². The van der Waals surface area contributed by atoms with Crippen molar-refractivity contribution in [1.29, 1.82) is 0 Å². The maximum atomic E-state index is 6.03. The van der Waals surface area contributed by atoms with Crippen molar-refractivity contribution in [3.05, 3.63) is 39.5 Å². The molecular formula is C15H17BrClN3. The van der Waals surface area contributed by atoms with E-state index in [-0.39, 0.29) is 0 Å². The van der Waals surface area contributed by atoms with E-state index in [1.807, 2.05) is 24.3 Å². The second kappa shape index (κ2) is 7.04. The van der Waals surface area contributed by atoms with E-state index in [1.54, 1.807) is 0 Å². The number of hydrogen-bond donors (Lipinski definition) is 1. The number of hydrogen-bond acceptors (Lipinski definition) is 3. The van der Waals surface area contributed by atoms with Crippen LogP contribution in [0.3, 0.4) is 0 Å². The van der Waals surface area contributed by atoms with Gasteiger partial charge in [0, 0.05) is 28.3 Å². The zero-order chi connectivity index (χ0) is 14.5. The van der Waals surface area contributed by atoms with Gasteiger partial charge >= 0.3 is 0 Å². The molecule has 0 saturated carbocycles. The molecule has 0 spiro atoms. The highest BCUT2D eigenvalue weighted by Crippen LogP contribution is 2.28. The van der Waals surface area contributed by atoms with Crippen LogP contribution < -0.4 is 5.32 Å². The molecule has 0 atom stereocenters. The summed E-state index contributed by atoms with van der Waals surface area (Å²) in [6.07, 6.45) is 1.94. The van der Waals surface area contributed by atoms with Gasteiger partial charge in [0.15, 0.2) is 5.82 Å². The third kappa shape index (κ3) is 3.70.